The Morgan fingerprint density at radius 2 is 2.27 bits per heavy atom. The molecule has 0 saturated heterocycles. The molecule has 2 nitrogen and oxygen atoms in total. The summed E-state index contributed by atoms with van der Waals surface area (Å²) in [4.78, 5) is 10.4. The zero-order valence-corrected chi connectivity index (χ0v) is 6.50. The van der Waals surface area contributed by atoms with Crippen molar-refractivity contribution in [1.82, 2.24) is 0 Å². The number of allylic oxidation sites excluding steroid dienone is 5. The van der Waals surface area contributed by atoms with Gasteiger partial charge < -0.3 is 5.73 Å². The Labute approximate surface area is 66.1 Å². The largest absolute Gasteiger partial charge is 0.399 e. The van der Waals surface area contributed by atoms with E-state index in [0.717, 1.165) is 18.3 Å². The van der Waals surface area contributed by atoms with Gasteiger partial charge in [0.05, 0.1) is 0 Å². The number of aldehydes is 1. The molecule has 0 aliphatic heterocycles. The Balaban J connectivity index is 2.98. The van der Waals surface area contributed by atoms with Crippen LogP contribution in [0.25, 0.3) is 0 Å². The van der Waals surface area contributed by atoms with Crippen LogP contribution in [0.2, 0.25) is 0 Å². The second-order valence-electron chi connectivity index (χ2n) is 2.66. The van der Waals surface area contributed by atoms with Crippen LogP contribution >= 0.6 is 0 Å². The molecule has 2 N–H and O–H groups in total. The lowest BCUT2D eigenvalue weighted by atomic mass is 10.2. The van der Waals surface area contributed by atoms with Crippen LogP contribution < -0.4 is 5.73 Å². The molecule has 1 rings (SSSR count). The van der Waals surface area contributed by atoms with Crippen molar-refractivity contribution >= 4 is 6.29 Å². The summed E-state index contributed by atoms with van der Waals surface area (Å²) in [6.45, 7) is 1.98. The molecule has 0 saturated carbocycles. The number of nitrogens with two attached hydrogens (primary N) is 1. The van der Waals surface area contributed by atoms with E-state index in [0.29, 0.717) is 11.3 Å². The van der Waals surface area contributed by atoms with Crippen molar-refractivity contribution in [3.63, 3.8) is 0 Å². The summed E-state index contributed by atoms with van der Waals surface area (Å²) in [5, 5.41) is 0. The van der Waals surface area contributed by atoms with Crippen molar-refractivity contribution in [3.8, 4) is 0 Å². The highest BCUT2D eigenvalue weighted by molar-refractivity contribution is 5.79. The first-order valence-corrected chi connectivity index (χ1v) is 3.52. The van der Waals surface area contributed by atoms with Crippen LogP contribution in [-0.2, 0) is 4.79 Å². The minimum Gasteiger partial charge on any atom is -0.399 e. The molecule has 0 atom stereocenters. The van der Waals surface area contributed by atoms with Crippen molar-refractivity contribution in [2.24, 2.45) is 5.73 Å². The topological polar surface area (TPSA) is 43.1 Å². The van der Waals surface area contributed by atoms with Gasteiger partial charge in [-0.3, -0.25) is 4.79 Å². The van der Waals surface area contributed by atoms with E-state index in [4.69, 9.17) is 5.73 Å². The van der Waals surface area contributed by atoms with Gasteiger partial charge in [-0.2, -0.15) is 0 Å². The maximum atomic E-state index is 10.4. The van der Waals surface area contributed by atoms with Gasteiger partial charge in [-0.15, -0.1) is 0 Å². The van der Waals surface area contributed by atoms with E-state index in [-0.39, 0.29) is 0 Å². The van der Waals surface area contributed by atoms with Gasteiger partial charge >= 0.3 is 0 Å². The van der Waals surface area contributed by atoms with Crippen molar-refractivity contribution in [2.75, 3.05) is 0 Å². The second-order valence-corrected chi connectivity index (χ2v) is 2.66. The second kappa shape index (κ2) is 3.19. The molecule has 58 valence electrons. The maximum Gasteiger partial charge on any atom is 0.150 e. The highest BCUT2D eigenvalue weighted by Crippen LogP contribution is 2.11. The van der Waals surface area contributed by atoms with Gasteiger partial charge in [0, 0.05) is 11.3 Å². The SMILES string of the molecule is CC1=CC(C=O)=CC(N)=CC1. The molecule has 0 heterocycles. The Hall–Kier alpha value is -1.31. The standard InChI is InChI=1S/C9H11NO/c1-7-2-3-9(10)5-8(4-7)6-11/h3-6H,2,10H2,1H3. The Kier molecular flexibility index (Phi) is 2.26. The van der Waals surface area contributed by atoms with E-state index in [2.05, 4.69) is 0 Å². The number of carbonyl (C=O) groups is 1. The van der Waals surface area contributed by atoms with Crippen molar-refractivity contribution in [1.29, 1.82) is 0 Å². The van der Waals surface area contributed by atoms with Crippen LogP contribution in [0.4, 0.5) is 0 Å². The first-order valence-electron chi connectivity index (χ1n) is 3.52. The fourth-order valence-electron chi connectivity index (χ4n) is 0.983. The summed E-state index contributed by atoms with van der Waals surface area (Å²) in [6.07, 6.45) is 7.09. The van der Waals surface area contributed by atoms with E-state index in [1.807, 2.05) is 19.1 Å². The van der Waals surface area contributed by atoms with Crippen LogP contribution in [0.1, 0.15) is 13.3 Å². The summed E-state index contributed by atoms with van der Waals surface area (Å²) in [5.74, 6) is 0. The predicted molar refractivity (Wildman–Crippen MR) is 44.8 cm³/mol. The lowest BCUT2D eigenvalue weighted by Gasteiger charge is -1.90. The molecule has 1 aliphatic carbocycles. The van der Waals surface area contributed by atoms with Gasteiger partial charge in [0.1, 0.15) is 6.29 Å². The number of carbonyl (C=O) groups excluding carboxylic acids is 1. The number of rotatable bonds is 1. The summed E-state index contributed by atoms with van der Waals surface area (Å²) < 4.78 is 0. The van der Waals surface area contributed by atoms with Crippen molar-refractivity contribution in [3.05, 3.63) is 35.1 Å². The summed E-state index contributed by atoms with van der Waals surface area (Å²) in [6, 6.07) is 0. The molecule has 0 aromatic heterocycles. The molecule has 11 heavy (non-hydrogen) atoms. The van der Waals surface area contributed by atoms with E-state index < -0.39 is 0 Å². The van der Waals surface area contributed by atoms with Crippen molar-refractivity contribution in [2.45, 2.75) is 13.3 Å². The van der Waals surface area contributed by atoms with Gasteiger partial charge in [0.2, 0.25) is 0 Å². The molecule has 0 aromatic rings. The highest BCUT2D eigenvalue weighted by atomic mass is 16.1. The molecular formula is C9H11NO. The van der Waals surface area contributed by atoms with Crippen LogP contribution in [0.3, 0.4) is 0 Å². The minimum atomic E-state index is 0.647. The molecular weight excluding hydrogens is 138 g/mol. The third kappa shape index (κ3) is 2.08. The van der Waals surface area contributed by atoms with Gasteiger partial charge in [-0.25, -0.2) is 0 Å². The van der Waals surface area contributed by atoms with Crippen LogP contribution in [0.5, 0.6) is 0 Å². The minimum absolute atomic E-state index is 0.647. The quantitative estimate of drug-likeness (QED) is 0.571. The lowest BCUT2D eigenvalue weighted by molar-refractivity contribution is -0.104. The zero-order chi connectivity index (χ0) is 8.27. The summed E-state index contributed by atoms with van der Waals surface area (Å²) >= 11 is 0. The Bertz CT molecular complexity index is 259. The first kappa shape index (κ1) is 7.79. The van der Waals surface area contributed by atoms with Gasteiger partial charge in [-0.05, 0) is 19.4 Å². The fraction of sp³-hybridized carbons (Fsp3) is 0.222. The number of hydrogen-bond acceptors (Lipinski definition) is 2. The molecule has 0 fully saturated rings. The van der Waals surface area contributed by atoms with E-state index in [1.54, 1.807) is 6.08 Å². The third-order valence-corrected chi connectivity index (χ3v) is 1.54. The van der Waals surface area contributed by atoms with Gasteiger partial charge in [0.15, 0.2) is 0 Å². The molecule has 1 aliphatic rings. The molecule has 2 heteroatoms. The normalized spacial score (nSPS) is 17.7. The third-order valence-electron chi connectivity index (χ3n) is 1.54. The average Bonchev–Trinajstić information content (AvgIpc) is 2.13. The fourth-order valence-corrected chi connectivity index (χ4v) is 0.983. The molecule has 0 bridgehead atoms. The average molecular weight is 149 g/mol. The van der Waals surface area contributed by atoms with Gasteiger partial charge in [-0.1, -0.05) is 17.7 Å². The zero-order valence-electron chi connectivity index (χ0n) is 6.50. The Morgan fingerprint density at radius 3 is 2.91 bits per heavy atom. The van der Waals surface area contributed by atoms with E-state index >= 15 is 0 Å². The molecule has 0 amide bonds. The molecule has 0 aromatic carbocycles. The predicted octanol–water partition coefficient (Wildman–Crippen LogP) is 1.30. The summed E-state index contributed by atoms with van der Waals surface area (Å²) in [5.41, 5.74) is 8.03. The molecule has 0 unspecified atom stereocenters. The smallest absolute Gasteiger partial charge is 0.150 e. The van der Waals surface area contributed by atoms with E-state index in [1.165, 1.54) is 0 Å². The number of hydrogen-bond donors (Lipinski definition) is 1. The monoisotopic (exact) mass is 149 g/mol. The summed E-state index contributed by atoms with van der Waals surface area (Å²) in [7, 11) is 0. The maximum absolute atomic E-state index is 10.4. The van der Waals surface area contributed by atoms with Crippen LogP contribution in [0, 0.1) is 0 Å². The van der Waals surface area contributed by atoms with Crippen molar-refractivity contribution < 1.29 is 4.79 Å². The molecule has 0 spiro atoms. The van der Waals surface area contributed by atoms with Crippen LogP contribution in [0.15, 0.2) is 35.1 Å². The lowest BCUT2D eigenvalue weighted by Crippen LogP contribution is -1.93. The Morgan fingerprint density at radius 1 is 1.55 bits per heavy atom. The highest BCUT2D eigenvalue weighted by Gasteiger charge is 1.98. The van der Waals surface area contributed by atoms with E-state index in [9.17, 15) is 4.79 Å². The molecule has 0 radical (unpaired) electrons. The first-order chi connectivity index (χ1) is 5.22. The van der Waals surface area contributed by atoms with Gasteiger partial charge in [0.25, 0.3) is 0 Å². The van der Waals surface area contributed by atoms with Crippen LogP contribution in [-0.4, -0.2) is 6.29 Å².